The number of hydrogen-bond donors (Lipinski definition) is 0. The van der Waals surface area contributed by atoms with E-state index in [2.05, 4.69) is 9.68 Å². The quantitative estimate of drug-likeness (QED) is 0.645. The molecule has 0 unspecified atom stereocenters. The zero-order chi connectivity index (χ0) is 9.35. The molecule has 1 aromatic rings. The Morgan fingerprint density at radius 2 is 2.00 bits per heavy atom. The van der Waals surface area contributed by atoms with Gasteiger partial charge in [-0.1, -0.05) is 19.0 Å². The van der Waals surface area contributed by atoms with Crippen LogP contribution < -0.4 is 5.46 Å². The van der Waals surface area contributed by atoms with Gasteiger partial charge in [0.2, 0.25) is 0 Å². The first-order chi connectivity index (χ1) is 5.43. The molecule has 0 atom stereocenters. The lowest BCUT2D eigenvalue weighted by Crippen LogP contribution is -2.35. The van der Waals surface area contributed by atoms with Crippen LogP contribution in [0.2, 0.25) is 0 Å². The summed E-state index contributed by atoms with van der Waals surface area (Å²) < 4.78 is 41.1. The normalized spacial score (nSPS) is 12.5. The minimum Gasteiger partial charge on any atom is -0.445 e. The lowest BCUT2D eigenvalue weighted by molar-refractivity contribution is 0.371. The number of nitrogens with zero attached hydrogens (tertiary/aromatic N) is 1. The summed E-state index contributed by atoms with van der Waals surface area (Å²) in [6.45, 7) is -1.72. The van der Waals surface area contributed by atoms with Crippen molar-refractivity contribution in [3.8, 4) is 0 Å². The van der Waals surface area contributed by atoms with Gasteiger partial charge >= 0.3 is 6.98 Å². The van der Waals surface area contributed by atoms with Gasteiger partial charge in [0.1, 0.15) is 5.76 Å². The van der Waals surface area contributed by atoms with Crippen LogP contribution in [0.4, 0.5) is 12.9 Å². The first-order valence-corrected chi connectivity index (χ1v) is 3.57. The molecule has 0 saturated carbocycles. The van der Waals surface area contributed by atoms with Gasteiger partial charge in [-0.05, 0) is 5.46 Å². The third kappa shape index (κ3) is 1.62. The summed E-state index contributed by atoms with van der Waals surface area (Å²) in [5, 5.41) is 3.13. The van der Waals surface area contributed by atoms with Crippen LogP contribution >= 0.6 is 0 Å². The summed E-state index contributed by atoms with van der Waals surface area (Å²) in [5.41, 5.74) is -0.718. The van der Waals surface area contributed by atoms with E-state index >= 15 is 0 Å². The Hall–Kier alpha value is -0.935. The van der Waals surface area contributed by atoms with Gasteiger partial charge in [0.25, 0.3) is 0 Å². The predicted molar refractivity (Wildman–Crippen MR) is 39.3 cm³/mol. The molecule has 12 heavy (non-hydrogen) atoms. The molecule has 1 heterocycles. The molecule has 0 fully saturated rings. The third-order valence-corrected chi connectivity index (χ3v) is 1.50. The van der Waals surface area contributed by atoms with Crippen molar-refractivity contribution in [1.82, 2.24) is 5.16 Å². The number of halogens is 3. The van der Waals surface area contributed by atoms with Gasteiger partial charge in [-0.2, -0.15) is 0 Å². The van der Waals surface area contributed by atoms with Crippen molar-refractivity contribution < 1.29 is 17.5 Å². The van der Waals surface area contributed by atoms with Crippen LogP contribution in [-0.4, -0.2) is 12.1 Å². The Morgan fingerprint density at radius 1 is 1.42 bits per heavy atom. The van der Waals surface area contributed by atoms with E-state index in [9.17, 15) is 12.9 Å². The van der Waals surface area contributed by atoms with Gasteiger partial charge in [0.15, 0.2) is 0 Å². The van der Waals surface area contributed by atoms with Gasteiger partial charge in [-0.3, -0.25) is 0 Å². The molecule has 1 aromatic heterocycles. The van der Waals surface area contributed by atoms with Crippen LogP contribution in [-0.2, 0) is 0 Å². The molecule has 0 aromatic carbocycles. The maximum Gasteiger partial charge on any atom is 0.514 e. The topological polar surface area (TPSA) is 26.0 Å². The first kappa shape index (κ1) is 9.16. The molecule has 0 aliphatic carbocycles. The second-order valence-electron chi connectivity index (χ2n) is 2.87. The van der Waals surface area contributed by atoms with Crippen LogP contribution in [0.25, 0.3) is 0 Å². The van der Waals surface area contributed by atoms with Gasteiger partial charge < -0.3 is 17.5 Å². The SMILES string of the molecule is CC(C)c1oncc1[B-](F)(F)F. The molecule has 0 radical (unpaired) electrons. The van der Waals surface area contributed by atoms with Gasteiger partial charge in [-0.25, -0.2) is 0 Å². The average Bonchev–Trinajstić information content (AvgIpc) is 2.30. The average molecular weight is 178 g/mol. The highest BCUT2D eigenvalue weighted by Crippen LogP contribution is 2.17. The van der Waals surface area contributed by atoms with E-state index in [4.69, 9.17) is 0 Å². The zero-order valence-electron chi connectivity index (χ0n) is 6.72. The molecule has 0 saturated heterocycles. The molecule has 0 aliphatic heterocycles. The second kappa shape index (κ2) is 2.84. The lowest BCUT2D eigenvalue weighted by atomic mass is 9.79. The molecule has 0 spiro atoms. The molecule has 0 bridgehead atoms. The molecule has 2 nitrogen and oxygen atoms in total. The van der Waals surface area contributed by atoms with Crippen molar-refractivity contribution in [2.75, 3.05) is 0 Å². The highest BCUT2D eigenvalue weighted by atomic mass is 19.4. The van der Waals surface area contributed by atoms with Crippen molar-refractivity contribution >= 4 is 12.4 Å². The van der Waals surface area contributed by atoms with Crippen molar-refractivity contribution in [2.24, 2.45) is 0 Å². The van der Waals surface area contributed by atoms with Crippen molar-refractivity contribution in [2.45, 2.75) is 19.8 Å². The fourth-order valence-electron chi connectivity index (χ4n) is 0.941. The highest BCUT2D eigenvalue weighted by Gasteiger charge is 2.31. The van der Waals surface area contributed by atoms with Crippen LogP contribution in [0.5, 0.6) is 0 Å². The second-order valence-corrected chi connectivity index (χ2v) is 2.87. The smallest absolute Gasteiger partial charge is 0.445 e. The van der Waals surface area contributed by atoms with Crippen LogP contribution in [0.1, 0.15) is 25.5 Å². The summed E-state index contributed by atoms with van der Waals surface area (Å²) >= 11 is 0. The molecule has 6 heteroatoms. The zero-order valence-corrected chi connectivity index (χ0v) is 6.72. The Balaban J connectivity index is 3.08. The van der Waals surface area contributed by atoms with E-state index in [1.165, 1.54) is 0 Å². The van der Waals surface area contributed by atoms with Crippen LogP contribution in [0.3, 0.4) is 0 Å². The molecule has 0 amide bonds. The van der Waals surface area contributed by atoms with E-state index in [0.717, 1.165) is 6.20 Å². The lowest BCUT2D eigenvalue weighted by Gasteiger charge is -2.14. The van der Waals surface area contributed by atoms with Crippen LogP contribution in [0, 0.1) is 0 Å². The molecule has 0 aliphatic rings. The predicted octanol–water partition coefficient (Wildman–Crippen LogP) is 1.85. The van der Waals surface area contributed by atoms with Crippen molar-refractivity contribution in [3.05, 3.63) is 12.0 Å². The molecule has 1 rings (SSSR count). The number of rotatable bonds is 2. The maximum absolute atomic E-state index is 12.2. The minimum atomic E-state index is -4.98. The molecular formula is C6H8BF3NO-. The van der Waals surface area contributed by atoms with Gasteiger partial charge in [-0.15, -0.1) is 0 Å². The van der Waals surface area contributed by atoms with Crippen molar-refractivity contribution in [3.63, 3.8) is 0 Å². The van der Waals surface area contributed by atoms with E-state index in [1.54, 1.807) is 13.8 Å². The summed E-state index contributed by atoms with van der Waals surface area (Å²) in [6, 6.07) is 0. The highest BCUT2D eigenvalue weighted by molar-refractivity contribution is 6.73. The Morgan fingerprint density at radius 3 is 2.33 bits per heavy atom. The number of aromatic nitrogens is 1. The maximum atomic E-state index is 12.2. The standard InChI is InChI=1S/C6H8BF3NO/c1-4(2)6-5(3-11-12-6)7(8,9)10/h3-4H,1-2H3/q-1. The van der Waals surface area contributed by atoms with Gasteiger partial charge in [0, 0.05) is 12.1 Å². The van der Waals surface area contributed by atoms with Crippen LogP contribution in [0.15, 0.2) is 10.7 Å². The fraction of sp³-hybridized carbons (Fsp3) is 0.500. The minimum absolute atomic E-state index is 0.0810. The number of hydrogen-bond acceptors (Lipinski definition) is 2. The molecule has 0 N–H and O–H groups in total. The van der Waals surface area contributed by atoms with E-state index < -0.39 is 12.4 Å². The summed E-state index contributed by atoms with van der Waals surface area (Å²) in [6.07, 6.45) is 0.731. The monoisotopic (exact) mass is 178 g/mol. The fourth-order valence-corrected chi connectivity index (χ4v) is 0.941. The summed E-state index contributed by atoms with van der Waals surface area (Å²) in [7, 11) is 0. The third-order valence-electron chi connectivity index (χ3n) is 1.50. The summed E-state index contributed by atoms with van der Waals surface area (Å²) in [4.78, 5) is 0. The van der Waals surface area contributed by atoms with E-state index in [0.29, 0.717) is 0 Å². The Labute approximate surface area is 67.8 Å². The molecule has 68 valence electrons. The first-order valence-electron chi connectivity index (χ1n) is 3.57. The van der Waals surface area contributed by atoms with Gasteiger partial charge in [0.05, 0.1) is 0 Å². The van der Waals surface area contributed by atoms with E-state index in [1.807, 2.05) is 0 Å². The summed E-state index contributed by atoms with van der Waals surface area (Å²) in [5.74, 6) is -0.367. The Bertz CT molecular complexity index is 268. The molecular weight excluding hydrogens is 170 g/mol. The Kier molecular flexibility index (Phi) is 2.17. The van der Waals surface area contributed by atoms with Crippen molar-refractivity contribution in [1.29, 1.82) is 0 Å². The van der Waals surface area contributed by atoms with E-state index in [-0.39, 0.29) is 11.7 Å². The largest absolute Gasteiger partial charge is 0.514 e.